The second kappa shape index (κ2) is 8.15. The molecule has 0 amide bonds. The van der Waals surface area contributed by atoms with E-state index < -0.39 is 5.54 Å². The second-order valence-electron chi connectivity index (χ2n) is 4.66. The number of benzene rings is 1. The number of nitrogens with one attached hydrogen (secondary N) is 1. The first-order valence-corrected chi connectivity index (χ1v) is 6.41. The lowest BCUT2D eigenvalue weighted by atomic mass is 9.94. The van der Waals surface area contributed by atoms with Gasteiger partial charge in [-0.25, -0.2) is 0 Å². The van der Waals surface area contributed by atoms with Crippen LogP contribution in [0.3, 0.4) is 0 Å². The Morgan fingerprint density at radius 3 is 2.79 bits per heavy atom. The Kier molecular flexibility index (Phi) is 6.45. The zero-order valence-corrected chi connectivity index (χ0v) is 11.2. The molecule has 5 nitrogen and oxygen atoms in total. The minimum atomic E-state index is -0.536. The minimum absolute atomic E-state index is 0.462. The van der Waals surface area contributed by atoms with Gasteiger partial charge in [0.15, 0.2) is 0 Å². The molecule has 1 unspecified atom stereocenters. The number of aryl methyl sites for hydroxylation is 1. The van der Waals surface area contributed by atoms with Crippen LogP contribution in [0.1, 0.15) is 25.3 Å². The maximum absolute atomic E-state index is 9.27. The highest BCUT2D eigenvalue weighted by Gasteiger charge is 2.22. The van der Waals surface area contributed by atoms with Crippen molar-refractivity contribution in [3.05, 3.63) is 46.3 Å². The van der Waals surface area contributed by atoms with Crippen LogP contribution in [0.5, 0.6) is 0 Å². The number of azide groups is 1. The molecular formula is C14H19N5. The van der Waals surface area contributed by atoms with Gasteiger partial charge < -0.3 is 0 Å². The topological polar surface area (TPSA) is 84.6 Å². The summed E-state index contributed by atoms with van der Waals surface area (Å²) in [6.45, 7) is 3.05. The van der Waals surface area contributed by atoms with Crippen LogP contribution < -0.4 is 5.32 Å². The highest BCUT2D eigenvalue weighted by molar-refractivity contribution is 5.16. The first-order valence-electron chi connectivity index (χ1n) is 6.41. The van der Waals surface area contributed by atoms with Crippen molar-refractivity contribution in [3.8, 4) is 6.07 Å². The summed E-state index contributed by atoms with van der Waals surface area (Å²) in [7, 11) is 0. The van der Waals surface area contributed by atoms with Crippen molar-refractivity contribution < 1.29 is 0 Å². The number of nitriles is 1. The van der Waals surface area contributed by atoms with Crippen molar-refractivity contribution in [1.82, 2.24) is 5.32 Å². The predicted molar refractivity (Wildman–Crippen MR) is 75.4 cm³/mol. The molecule has 0 radical (unpaired) electrons. The van der Waals surface area contributed by atoms with E-state index in [0.717, 1.165) is 19.3 Å². The van der Waals surface area contributed by atoms with Gasteiger partial charge in [0, 0.05) is 11.5 Å². The molecule has 0 saturated carbocycles. The first kappa shape index (κ1) is 15.0. The molecule has 19 heavy (non-hydrogen) atoms. The smallest absolute Gasteiger partial charge is 0.104 e. The molecule has 1 N–H and O–H groups in total. The van der Waals surface area contributed by atoms with Crippen molar-refractivity contribution in [3.63, 3.8) is 0 Å². The molecule has 100 valence electrons. The Labute approximate surface area is 113 Å². The lowest BCUT2D eigenvalue weighted by molar-refractivity contribution is 0.416. The zero-order chi connectivity index (χ0) is 14.0. The molecule has 0 aromatic heterocycles. The summed E-state index contributed by atoms with van der Waals surface area (Å²) in [6.07, 6.45) is 2.37. The van der Waals surface area contributed by atoms with Crippen LogP contribution in [0.2, 0.25) is 0 Å². The SMILES string of the molecule is CC(C#N)(CCc1ccccc1)NCCCN=[N+]=[N-]. The van der Waals surface area contributed by atoms with E-state index in [1.54, 1.807) is 0 Å². The summed E-state index contributed by atoms with van der Waals surface area (Å²) in [5, 5.41) is 16.0. The van der Waals surface area contributed by atoms with E-state index in [0.29, 0.717) is 13.1 Å². The summed E-state index contributed by atoms with van der Waals surface area (Å²) < 4.78 is 0. The Hall–Kier alpha value is -2.02. The maximum atomic E-state index is 9.27. The number of nitrogens with zero attached hydrogens (tertiary/aromatic N) is 4. The van der Waals surface area contributed by atoms with E-state index in [1.165, 1.54) is 5.56 Å². The van der Waals surface area contributed by atoms with Gasteiger partial charge in [-0.3, -0.25) is 5.32 Å². The van der Waals surface area contributed by atoms with Gasteiger partial charge >= 0.3 is 0 Å². The van der Waals surface area contributed by atoms with Crippen LogP contribution in [0.25, 0.3) is 10.4 Å². The Morgan fingerprint density at radius 2 is 2.16 bits per heavy atom. The van der Waals surface area contributed by atoms with Crippen molar-refractivity contribution in [2.45, 2.75) is 31.7 Å². The first-order chi connectivity index (χ1) is 9.20. The molecule has 0 aliphatic rings. The third kappa shape index (κ3) is 5.91. The van der Waals surface area contributed by atoms with E-state index >= 15 is 0 Å². The van der Waals surface area contributed by atoms with Crippen molar-refractivity contribution in [1.29, 1.82) is 5.26 Å². The lowest BCUT2D eigenvalue weighted by Crippen LogP contribution is -2.42. The molecule has 1 atom stereocenters. The second-order valence-corrected chi connectivity index (χ2v) is 4.66. The summed E-state index contributed by atoms with van der Waals surface area (Å²) in [5.41, 5.74) is 8.87. The summed E-state index contributed by atoms with van der Waals surface area (Å²) >= 11 is 0. The molecule has 0 saturated heterocycles. The van der Waals surface area contributed by atoms with Crippen LogP contribution in [0.4, 0.5) is 0 Å². The predicted octanol–water partition coefficient (Wildman–Crippen LogP) is 3.19. The van der Waals surface area contributed by atoms with Crippen molar-refractivity contribution in [2.24, 2.45) is 5.11 Å². The van der Waals surface area contributed by atoms with Crippen LogP contribution in [-0.2, 0) is 6.42 Å². The van der Waals surface area contributed by atoms with Crippen molar-refractivity contribution >= 4 is 0 Å². The fourth-order valence-corrected chi connectivity index (χ4v) is 1.78. The molecule has 0 fully saturated rings. The summed E-state index contributed by atoms with van der Waals surface area (Å²) in [6, 6.07) is 12.5. The minimum Gasteiger partial charge on any atom is -0.300 e. The van der Waals surface area contributed by atoms with E-state index in [4.69, 9.17) is 5.53 Å². The average Bonchev–Trinajstić information content (AvgIpc) is 2.46. The Balaban J connectivity index is 2.38. The van der Waals surface area contributed by atoms with E-state index in [-0.39, 0.29) is 0 Å². The summed E-state index contributed by atoms with van der Waals surface area (Å²) in [5.74, 6) is 0. The third-order valence-electron chi connectivity index (χ3n) is 3.02. The highest BCUT2D eigenvalue weighted by Crippen LogP contribution is 2.13. The molecule has 5 heteroatoms. The molecule has 1 aromatic rings. The van der Waals surface area contributed by atoms with Gasteiger partial charge in [0.1, 0.15) is 5.54 Å². The number of hydrogen-bond acceptors (Lipinski definition) is 3. The standard InChI is InChI=1S/C14H19N5/c1-14(12-15,17-10-5-11-18-19-16)9-8-13-6-3-2-4-7-13/h2-4,6-7,17H,5,8-11H2,1H3. The molecular weight excluding hydrogens is 238 g/mol. The van der Waals surface area contributed by atoms with Crippen LogP contribution in [0, 0.1) is 11.3 Å². The van der Waals surface area contributed by atoms with Gasteiger partial charge in [0.25, 0.3) is 0 Å². The third-order valence-corrected chi connectivity index (χ3v) is 3.02. The van der Waals surface area contributed by atoms with Gasteiger partial charge in [0.2, 0.25) is 0 Å². The molecule has 0 aliphatic heterocycles. The fourth-order valence-electron chi connectivity index (χ4n) is 1.78. The zero-order valence-electron chi connectivity index (χ0n) is 11.2. The van der Waals surface area contributed by atoms with Crippen LogP contribution in [0.15, 0.2) is 35.4 Å². The molecule has 1 rings (SSSR count). The van der Waals surface area contributed by atoms with Gasteiger partial charge in [-0.05, 0) is 43.8 Å². The average molecular weight is 257 g/mol. The number of rotatable bonds is 8. The van der Waals surface area contributed by atoms with Crippen LogP contribution in [-0.4, -0.2) is 18.6 Å². The monoisotopic (exact) mass is 257 g/mol. The molecule has 0 bridgehead atoms. The summed E-state index contributed by atoms with van der Waals surface area (Å²) in [4.78, 5) is 2.70. The number of hydrogen-bond donors (Lipinski definition) is 1. The van der Waals surface area contributed by atoms with E-state index in [2.05, 4.69) is 33.5 Å². The lowest BCUT2D eigenvalue weighted by Gasteiger charge is -2.23. The Morgan fingerprint density at radius 1 is 1.42 bits per heavy atom. The fraction of sp³-hybridized carbons (Fsp3) is 0.500. The maximum Gasteiger partial charge on any atom is 0.104 e. The molecule has 1 aromatic carbocycles. The Bertz CT molecular complexity index is 458. The largest absolute Gasteiger partial charge is 0.300 e. The van der Waals surface area contributed by atoms with Gasteiger partial charge in [-0.2, -0.15) is 5.26 Å². The van der Waals surface area contributed by atoms with E-state index in [9.17, 15) is 5.26 Å². The normalized spacial score (nSPS) is 13.1. The van der Waals surface area contributed by atoms with Gasteiger partial charge in [0.05, 0.1) is 6.07 Å². The molecule has 0 heterocycles. The molecule has 0 aliphatic carbocycles. The van der Waals surface area contributed by atoms with Crippen LogP contribution >= 0.6 is 0 Å². The van der Waals surface area contributed by atoms with Gasteiger partial charge in [-0.15, -0.1) is 0 Å². The highest BCUT2D eigenvalue weighted by atomic mass is 15.1. The van der Waals surface area contributed by atoms with E-state index in [1.807, 2.05) is 25.1 Å². The molecule has 0 spiro atoms. The van der Waals surface area contributed by atoms with Crippen molar-refractivity contribution in [2.75, 3.05) is 13.1 Å². The quantitative estimate of drug-likeness (QED) is 0.335. The van der Waals surface area contributed by atoms with Gasteiger partial charge in [-0.1, -0.05) is 35.4 Å².